The zero-order chi connectivity index (χ0) is 23.8. The Kier molecular flexibility index (Phi) is 5.52. The van der Waals surface area contributed by atoms with Crippen molar-refractivity contribution in [2.45, 2.75) is 6.54 Å². The second-order valence-electron chi connectivity index (χ2n) is 7.31. The van der Waals surface area contributed by atoms with Crippen molar-refractivity contribution in [3.05, 3.63) is 97.9 Å². The van der Waals surface area contributed by atoms with Crippen LogP contribution in [0.4, 0.5) is 5.13 Å². The first kappa shape index (κ1) is 21.7. The number of hydrogen-bond acceptors (Lipinski definition) is 7. The lowest BCUT2D eigenvalue weighted by Crippen LogP contribution is -2.28. The van der Waals surface area contributed by atoms with Gasteiger partial charge in [0.1, 0.15) is 11.4 Å². The quantitative estimate of drug-likeness (QED) is 0.411. The van der Waals surface area contributed by atoms with Crippen molar-refractivity contribution in [3.63, 3.8) is 0 Å². The molecule has 0 aliphatic carbocycles. The molecular formula is C23H14ClN5O4S. The van der Waals surface area contributed by atoms with Crippen LogP contribution >= 0.6 is 22.9 Å². The maximum Gasteiger partial charge on any atom is 0.264 e. The highest BCUT2D eigenvalue weighted by molar-refractivity contribution is 7.15. The Hall–Kier alpha value is -4.15. The van der Waals surface area contributed by atoms with E-state index in [1.165, 1.54) is 12.4 Å². The van der Waals surface area contributed by atoms with Crippen LogP contribution in [-0.4, -0.2) is 37.6 Å². The van der Waals surface area contributed by atoms with Crippen LogP contribution < -0.4 is 10.9 Å². The number of nitrogens with one attached hydrogen (secondary N) is 2. The third kappa shape index (κ3) is 4.00. The normalized spacial score (nSPS) is 12.7. The number of hydrogen-bond donors (Lipinski definition) is 2. The molecule has 2 aromatic carbocycles. The van der Waals surface area contributed by atoms with Crippen molar-refractivity contribution in [2.24, 2.45) is 0 Å². The summed E-state index contributed by atoms with van der Waals surface area (Å²) in [7, 11) is 0. The van der Waals surface area contributed by atoms with E-state index < -0.39 is 11.5 Å². The molecule has 2 aromatic heterocycles. The van der Waals surface area contributed by atoms with E-state index in [-0.39, 0.29) is 29.1 Å². The van der Waals surface area contributed by atoms with Crippen LogP contribution in [0.3, 0.4) is 0 Å². The number of aromatic amines is 1. The molecule has 3 heterocycles. The number of H-pyrrole nitrogens is 1. The van der Waals surface area contributed by atoms with E-state index in [0.717, 1.165) is 16.2 Å². The number of amides is 3. The molecule has 34 heavy (non-hydrogen) atoms. The zero-order valence-electron chi connectivity index (χ0n) is 17.2. The first-order valence-corrected chi connectivity index (χ1v) is 11.2. The highest BCUT2D eigenvalue weighted by Gasteiger charge is 2.35. The number of imide groups is 1. The number of nitrogens with zero attached hydrogens (tertiary/aromatic N) is 3. The average molecular weight is 492 g/mol. The third-order valence-electron chi connectivity index (χ3n) is 5.13. The monoisotopic (exact) mass is 491 g/mol. The van der Waals surface area contributed by atoms with E-state index in [0.29, 0.717) is 32.4 Å². The SMILES string of the molecule is O=C(Nc1ncc(CN2C(=O)c3ccccc3C2=O)s1)c1cnc(-c2ccc(Cl)cc2)[nH]c1=O. The molecule has 4 aromatic rings. The minimum Gasteiger partial charge on any atom is -0.306 e. The molecule has 0 radical (unpaired) electrons. The first-order chi connectivity index (χ1) is 16.4. The van der Waals surface area contributed by atoms with Gasteiger partial charge in [-0.25, -0.2) is 9.97 Å². The van der Waals surface area contributed by atoms with E-state index in [1.807, 2.05) is 0 Å². The van der Waals surface area contributed by atoms with E-state index in [2.05, 4.69) is 20.3 Å². The molecule has 0 spiro atoms. The number of benzene rings is 2. The molecule has 0 atom stereocenters. The van der Waals surface area contributed by atoms with Gasteiger partial charge >= 0.3 is 0 Å². The standard InChI is InChI=1S/C23H14ClN5O4S/c24-13-7-5-12(6-8-13)18-25-10-17(19(30)27-18)20(31)28-23-26-9-14(34-23)11-29-21(32)15-3-1-2-4-16(15)22(29)33/h1-10H,11H2,(H,25,27,30)(H,26,28,31). The molecule has 9 nitrogen and oxygen atoms in total. The van der Waals surface area contributed by atoms with Crippen molar-refractivity contribution in [2.75, 3.05) is 5.32 Å². The van der Waals surface area contributed by atoms with Gasteiger partial charge in [0.25, 0.3) is 23.3 Å². The molecule has 168 valence electrons. The molecule has 0 saturated carbocycles. The number of halogens is 1. The fourth-order valence-electron chi connectivity index (χ4n) is 3.45. The van der Waals surface area contributed by atoms with Crippen molar-refractivity contribution >= 4 is 45.8 Å². The van der Waals surface area contributed by atoms with Gasteiger partial charge in [-0.05, 0) is 36.4 Å². The summed E-state index contributed by atoms with van der Waals surface area (Å²) in [5.41, 5.74) is 0.569. The van der Waals surface area contributed by atoms with Gasteiger partial charge in [0.15, 0.2) is 5.13 Å². The Bertz CT molecular complexity index is 1480. The lowest BCUT2D eigenvalue weighted by atomic mass is 10.1. The van der Waals surface area contributed by atoms with Crippen LogP contribution in [0.5, 0.6) is 0 Å². The molecule has 1 aliphatic rings. The van der Waals surface area contributed by atoms with Crippen LogP contribution in [0, 0.1) is 0 Å². The number of carbonyl (C=O) groups is 3. The predicted octanol–water partition coefficient (Wildman–Crippen LogP) is 3.60. The largest absolute Gasteiger partial charge is 0.306 e. The van der Waals surface area contributed by atoms with Crippen LogP contribution in [0.25, 0.3) is 11.4 Å². The van der Waals surface area contributed by atoms with Gasteiger partial charge < -0.3 is 4.98 Å². The van der Waals surface area contributed by atoms with Gasteiger partial charge in [0, 0.05) is 27.9 Å². The number of aromatic nitrogens is 3. The van der Waals surface area contributed by atoms with Crippen LogP contribution in [-0.2, 0) is 6.54 Å². The van der Waals surface area contributed by atoms with Gasteiger partial charge in [0.2, 0.25) is 0 Å². The third-order valence-corrected chi connectivity index (χ3v) is 6.28. The average Bonchev–Trinajstić information content (AvgIpc) is 3.37. The molecule has 5 rings (SSSR count). The molecule has 0 fully saturated rings. The lowest BCUT2D eigenvalue weighted by molar-refractivity contribution is 0.0643. The molecule has 0 bridgehead atoms. The molecule has 3 amide bonds. The summed E-state index contributed by atoms with van der Waals surface area (Å²) in [4.78, 5) is 62.7. The van der Waals surface area contributed by atoms with Crippen LogP contribution in [0.1, 0.15) is 36.0 Å². The number of rotatable bonds is 5. The maximum absolute atomic E-state index is 12.6. The Morgan fingerprint density at radius 3 is 2.29 bits per heavy atom. The van der Waals surface area contributed by atoms with Crippen LogP contribution in [0.15, 0.2) is 65.7 Å². The van der Waals surface area contributed by atoms with Crippen molar-refractivity contribution in [3.8, 4) is 11.4 Å². The minimum absolute atomic E-state index is 0.0256. The second kappa shape index (κ2) is 8.65. The van der Waals surface area contributed by atoms with E-state index in [1.54, 1.807) is 48.5 Å². The number of fused-ring (bicyclic) bond motifs is 1. The Morgan fingerprint density at radius 2 is 1.65 bits per heavy atom. The van der Waals surface area contributed by atoms with Gasteiger partial charge in [-0.15, -0.1) is 0 Å². The summed E-state index contributed by atoms with van der Waals surface area (Å²) >= 11 is 6.97. The summed E-state index contributed by atoms with van der Waals surface area (Å²) in [6.45, 7) is 0.0256. The van der Waals surface area contributed by atoms with Gasteiger partial charge in [-0.1, -0.05) is 35.1 Å². The highest BCUT2D eigenvalue weighted by atomic mass is 35.5. The fraction of sp³-hybridized carbons (Fsp3) is 0.0435. The predicted molar refractivity (Wildman–Crippen MR) is 126 cm³/mol. The summed E-state index contributed by atoms with van der Waals surface area (Å²) < 4.78 is 0. The van der Waals surface area contributed by atoms with Crippen molar-refractivity contribution in [1.29, 1.82) is 0 Å². The molecule has 0 unspecified atom stereocenters. The first-order valence-electron chi connectivity index (χ1n) is 9.97. The van der Waals surface area contributed by atoms with E-state index in [4.69, 9.17) is 11.6 Å². The van der Waals surface area contributed by atoms with E-state index >= 15 is 0 Å². The second-order valence-corrected chi connectivity index (χ2v) is 8.86. The molecular weight excluding hydrogens is 478 g/mol. The summed E-state index contributed by atoms with van der Waals surface area (Å²) in [5.74, 6) is -1.13. The molecule has 0 saturated heterocycles. The van der Waals surface area contributed by atoms with Crippen molar-refractivity contribution < 1.29 is 14.4 Å². The number of carbonyl (C=O) groups excluding carboxylic acids is 3. The van der Waals surface area contributed by atoms with Crippen LogP contribution in [0.2, 0.25) is 5.02 Å². The smallest absolute Gasteiger partial charge is 0.264 e. The Morgan fingerprint density at radius 1 is 0.971 bits per heavy atom. The van der Waals surface area contributed by atoms with Gasteiger partial charge in [-0.3, -0.25) is 29.4 Å². The summed E-state index contributed by atoms with van der Waals surface area (Å²) in [6, 6.07) is 13.4. The fourth-order valence-corrected chi connectivity index (χ4v) is 4.38. The van der Waals surface area contributed by atoms with Crippen molar-refractivity contribution in [1.82, 2.24) is 19.9 Å². The molecule has 2 N–H and O–H groups in total. The Balaban J connectivity index is 1.28. The zero-order valence-corrected chi connectivity index (χ0v) is 18.8. The number of thiazole rings is 1. The lowest BCUT2D eigenvalue weighted by Gasteiger charge is -2.11. The summed E-state index contributed by atoms with van der Waals surface area (Å²) in [6.07, 6.45) is 2.65. The van der Waals surface area contributed by atoms with E-state index in [9.17, 15) is 19.2 Å². The topological polar surface area (TPSA) is 125 Å². The minimum atomic E-state index is -0.682. The molecule has 11 heteroatoms. The van der Waals surface area contributed by atoms with Gasteiger partial charge in [-0.2, -0.15) is 0 Å². The van der Waals surface area contributed by atoms with Gasteiger partial charge in [0.05, 0.1) is 17.7 Å². The number of anilines is 1. The Labute approximate surface area is 201 Å². The molecule has 1 aliphatic heterocycles. The highest BCUT2D eigenvalue weighted by Crippen LogP contribution is 2.27. The maximum atomic E-state index is 12.6. The summed E-state index contributed by atoms with van der Waals surface area (Å²) in [5, 5.41) is 3.32.